The molecule has 1 aromatic carbocycles. The Morgan fingerprint density at radius 1 is 1.24 bits per heavy atom. The zero-order chi connectivity index (χ0) is 12.7. The van der Waals surface area contributed by atoms with E-state index in [9.17, 15) is 4.79 Å². The summed E-state index contributed by atoms with van der Waals surface area (Å²) in [5, 5.41) is 0. The second-order valence-electron chi connectivity index (χ2n) is 3.41. The molecule has 0 spiro atoms. The topological polar surface area (TPSA) is 56.8 Å². The summed E-state index contributed by atoms with van der Waals surface area (Å²) in [7, 11) is 4.60. The molecule has 0 atom stereocenters. The second-order valence-corrected chi connectivity index (χ2v) is 3.41. The van der Waals surface area contributed by atoms with E-state index in [1.807, 2.05) is 12.1 Å². The van der Waals surface area contributed by atoms with Crippen molar-refractivity contribution in [3.63, 3.8) is 0 Å². The van der Waals surface area contributed by atoms with Crippen LogP contribution >= 0.6 is 0 Å². The number of hydroxylamine groups is 1. The van der Waals surface area contributed by atoms with E-state index in [1.165, 1.54) is 7.11 Å². The van der Waals surface area contributed by atoms with Crippen molar-refractivity contribution in [2.24, 2.45) is 0 Å². The fourth-order valence-corrected chi connectivity index (χ4v) is 1.47. The first-order chi connectivity index (χ1) is 8.21. The van der Waals surface area contributed by atoms with Gasteiger partial charge in [0.15, 0.2) is 0 Å². The molecule has 0 aliphatic carbocycles. The number of methoxy groups -OCH3 is 2. The van der Waals surface area contributed by atoms with Crippen LogP contribution in [0.4, 0.5) is 0 Å². The lowest BCUT2D eigenvalue weighted by molar-refractivity contribution is -0.131. The Hall–Kier alpha value is -1.75. The molecule has 0 bridgehead atoms. The van der Waals surface area contributed by atoms with Gasteiger partial charge in [0.05, 0.1) is 21.3 Å². The molecule has 0 aliphatic rings. The van der Waals surface area contributed by atoms with E-state index in [0.717, 1.165) is 17.1 Å². The predicted octanol–water partition coefficient (Wildman–Crippen LogP) is 1.31. The molecule has 0 fully saturated rings. The van der Waals surface area contributed by atoms with Gasteiger partial charge in [0.25, 0.3) is 0 Å². The third-order valence-electron chi connectivity index (χ3n) is 2.33. The van der Waals surface area contributed by atoms with Gasteiger partial charge in [-0.1, -0.05) is 6.07 Å². The van der Waals surface area contributed by atoms with Crippen LogP contribution in [0.25, 0.3) is 0 Å². The monoisotopic (exact) mass is 239 g/mol. The molecule has 1 amide bonds. The van der Waals surface area contributed by atoms with Gasteiger partial charge < -0.3 is 9.47 Å². The molecular weight excluding hydrogens is 222 g/mol. The van der Waals surface area contributed by atoms with Crippen LogP contribution in [0.5, 0.6) is 11.5 Å². The summed E-state index contributed by atoms with van der Waals surface area (Å²) in [6, 6.07) is 5.52. The lowest BCUT2D eigenvalue weighted by atomic mass is 10.1. The third kappa shape index (κ3) is 3.96. The molecule has 5 heteroatoms. The number of ether oxygens (including phenoxy) is 2. The van der Waals surface area contributed by atoms with Crippen molar-refractivity contribution in [2.75, 3.05) is 21.3 Å². The quantitative estimate of drug-likeness (QED) is 0.760. The molecule has 94 valence electrons. The van der Waals surface area contributed by atoms with E-state index >= 15 is 0 Å². The van der Waals surface area contributed by atoms with Crippen LogP contribution in [0.2, 0.25) is 0 Å². The Labute approximate surface area is 101 Å². The molecule has 0 radical (unpaired) electrons. The summed E-state index contributed by atoms with van der Waals surface area (Å²) in [6.45, 7) is 0. The predicted molar refractivity (Wildman–Crippen MR) is 63.0 cm³/mol. The first-order valence-electron chi connectivity index (χ1n) is 5.24. The van der Waals surface area contributed by atoms with Crippen LogP contribution in [-0.4, -0.2) is 27.2 Å². The van der Waals surface area contributed by atoms with Gasteiger partial charge in [-0.2, -0.15) is 0 Å². The smallest absolute Gasteiger partial charge is 0.243 e. The highest BCUT2D eigenvalue weighted by molar-refractivity contribution is 5.75. The maximum Gasteiger partial charge on any atom is 0.243 e. The number of aryl methyl sites for hydroxylation is 1. The number of hydrogen-bond acceptors (Lipinski definition) is 4. The third-order valence-corrected chi connectivity index (χ3v) is 2.33. The van der Waals surface area contributed by atoms with Gasteiger partial charge in [0.1, 0.15) is 11.5 Å². The van der Waals surface area contributed by atoms with E-state index in [0.29, 0.717) is 12.8 Å². The molecule has 5 nitrogen and oxygen atoms in total. The van der Waals surface area contributed by atoms with Gasteiger partial charge in [0.2, 0.25) is 5.91 Å². The summed E-state index contributed by atoms with van der Waals surface area (Å²) in [4.78, 5) is 15.8. The Kier molecular flexibility index (Phi) is 5.29. The standard InChI is InChI=1S/C12H17NO4/c1-15-10-6-4-9(11(8-10)16-2)5-7-12(14)13-17-3/h4,6,8H,5,7H2,1-3H3,(H,13,14). The van der Waals surface area contributed by atoms with Crippen molar-refractivity contribution < 1.29 is 19.1 Å². The number of hydrogen-bond donors (Lipinski definition) is 1. The Morgan fingerprint density at radius 3 is 2.59 bits per heavy atom. The van der Waals surface area contributed by atoms with Gasteiger partial charge in [-0.3, -0.25) is 9.63 Å². The highest BCUT2D eigenvalue weighted by Crippen LogP contribution is 2.25. The molecule has 17 heavy (non-hydrogen) atoms. The minimum absolute atomic E-state index is 0.162. The van der Waals surface area contributed by atoms with Gasteiger partial charge in [0, 0.05) is 12.5 Å². The molecule has 0 unspecified atom stereocenters. The van der Waals surface area contributed by atoms with Crippen molar-refractivity contribution >= 4 is 5.91 Å². The number of benzene rings is 1. The van der Waals surface area contributed by atoms with Crippen molar-refractivity contribution in [1.82, 2.24) is 5.48 Å². The molecule has 1 aromatic rings. The van der Waals surface area contributed by atoms with Crippen LogP contribution in [0, 0.1) is 0 Å². The fourth-order valence-electron chi connectivity index (χ4n) is 1.47. The average molecular weight is 239 g/mol. The molecule has 1 N–H and O–H groups in total. The maximum atomic E-state index is 11.2. The van der Waals surface area contributed by atoms with Gasteiger partial charge >= 0.3 is 0 Å². The highest BCUT2D eigenvalue weighted by atomic mass is 16.6. The first-order valence-corrected chi connectivity index (χ1v) is 5.24. The number of rotatable bonds is 6. The fraction of sp³-hybridized carbons (Fsp3) is 0.417. The molecule has 1 rings (SSSR count). The average Bonchev–Trinajstić information content (AvgIpc) is 2.36. The van der Waals surface area contributed by atoms with Crippen LogP contribution in [0.3, 0.4) is 0 Å². The van der Waals surface area contributed by atoms with Crippen molar-refractivity contribution in [3.8, 4) is 11.5 Å². The highest BCUT2D eigenvalue weighted by Gasteiger charge is 2.07. The van der Waals surface area contributed by atoms with Gasteiger partial charge in [-0.15, -0.1) is 0 Å². The zero-order valence-corrected chi connectivity index (χ0v) is 10.3. The molecule has 0 aromatic heterocycles. The lowest BCUT2D eigenvalue weighted by Crippen LogP contribution is -2.21. The zero-order valence-electron chi connectivity index (χ0n) is 10.3. The van der Waals surface area contributed by atoms with Crippen molar-refractivity contribution in [3.05, 3.63) is 23.8 Å². The van der Waals surface area contributed by atoms with Crippen molar-refractivity contribution in [2.45, 2.75) is 12.8 Å². The largest absolute Gasteiger partial charge is 0.497 e. The second kappa shape index (κ2) is 6.75. The van der Waals surface area contributed by atoms with E-state index in [-0.39, 0.29) is 5.91 Å². The first kappa shape index (κ1) is 13.3. The van der Waals surface area contributed by atoms with Crippen LogP contribution in [0.15, 0.2) is 18.2 Å². The van der Waals surface area contributed by atoms with E-state index in [2.05, 4.69) is 10.3 Å². The number of nitrogens with one attached hydrogen (secondary N) is 1. The molecule has 0 saturated carbocycles. The summed E-state index contributed by atoms with van der Waals surface area (Å²) < 4.78 is 10.3. The van der Waals surface area contributed by atoms with Crippen molar-refractivity contribution in [1.29, 1.82) is 0 Å². The summed E-state index contributed by atoms with van der Waals surface area (Å²) in [6.07, 6.45) is 0.929. The summed E-state index contributed by atoms with van der Waals surface area (Å²) in [5.74, 6) is 1.28. The Balaban J connectivity index is 2.67. The van der Waals surface area contributed by atoms with Gasteiger partial charge in [-0.05, 0) is 18.1 Å². The number of carbonyl (C=O) groups excluding carboxylic acids is 1. The minimum Gasteiger partial charge on any atom is -0.497 e. The van der Waals surface area contributed by atoms with Crippen LogP contribution in [0.1, 0.15) is 12.0 Å². The normalized spacial score (nSPS) is 9.82. The molecular formula is C12H17NO4. The Bertz CT molecular complexity index is 379. The number of carbonyl (C=O) groups is 1. The molecule has 0 heterocycles. The summed E-state index contributed by atoms with van der Waals surface area (Å²) in [5.41, 5.74) is 3.23. The summed E-state index contributed by atoms with van der Waals surface area (Å²) >= 11 is 0. The minimum atomic E-state index is -0.162. The van der Waals surface area contributed by atoms with E-state index < -0.39 is 0 Å². The molecule has 0 saturated heterocycles. The van der Waals surface area contributed by atoms with E-state index in [1.54, 1.807) is 20.3 Å². The molecule has 0 aliphatic heterocycles. The van der Waals surface area contributed by atoms with Crippen LogP contribution < -0.4 is 15.0 Å². The SMILES string of the molecule is CONC(=O)CCc1ccc(OC)cc1OC. The number of amides is 1. The Morgan fingerprint density at radius 2 is 2.00 bits per heavy atom. The van der Waals surface area contributed by atoms with E-state index in [4.69, 9.17) is 9.47 Å². The lowest BCUT2D eigenvalue weighted by Gasteiger charge is -2.10. The maximum absolute atomic E-state index is 11.2. The van der Waals surface area contributed by atoms with Crippen LogP contribution in [-0.2, 0) is 16.1 Å². The van der Waals surface area contributed by atoms with Gasteiger partial charge in [-0.25, -0.2) is 5.48 Å².